The third-order valence-corrected chi connectivity index (χ3v) is 4.26. The monoisotopic (exact) mass is 266 g/mol. The summed E-state index contributed by atoms with van der Waals surface area (Å²) in [5.74, 6) is 1.66. The van der Waals surface area contributed by atoms with Crippen LogP contribution in [0.15, 0.2) is 29.2 Å². The van der Waals surface area contributed by atoms with E-state index < -0.39 is 0 Å². The fourth-order valence-corrected chi connectivity index (χ4v) is 2.54. The molecule has 1 atom stereocenters. The van der Waals surface area contributed by atoms with Crippen molar-refractivity contribution in [3.8, 4) is 0 Å². The van der Waals surface area contributed by atoms with E-state index in [0.29, 0.717) is 5.92 Å². The van der Waals surface area contributed by atoms with Crippen LogP contribution in [-0.2, 0) is 0 Å². The molecule has 4 nitrogen and oxygen atoms in total. The molecule has 0 heterocycles. The maximum absolute atomic E-state index is 10.5. The highest BCUT2D eigenvalue weighted by Gasteiger charge is 2.20. The predicted octanol–water partition coefficient (Wildman–Crippen LogP) is 3.08. The van der Waals surface area contributed by atoms with Crippen LogP contribution in [0.2, 0.25) is 0 Å². The highest BCUT2D eigenvalue weighted by Crippen LogP contribution is 2.24. The summed E-state index contributed by atoms with van der Waals surface area (Å²) in [4.78, 5) is 11.3. The number of hydrogen-bond acceptors (Lipinski definition) is 4. The minimum absolute atomic E-state index is 0.155. The predicted molar refractivity (Wildman–Crippen MR) is 74.0 cm³/mol. The van der Waals surface area contributed by atoms with Crippen molar-refractivity contribution in [1.29, 1.82) is 0 Å². The van der Waals surface area contributed by atoms with Gasteiger partial charge in [0, 0.05) is 28.8 Å². The third-order valence-electron chi connectivity index (χ3n) is 2.91. The first-order valence-electron chi connectivity index (χ1n) is 6.26. The molecule has 1 saturated carbocycles. The Hall–Kier alpha value is -1.07. The molecule has 0 bridgehead atoms. The first-order valence-corrected chi connectivity index (χ1v) is 7.24. The van der Waals surface area contributed by atoms with Gasteiger partial charge in [-0.2, -0.15) is 0 Å². The van der Waals surface area contributed by atoms with E-state index in [1.807, 2.05) is 12.1 Å². The normalized spacial score (nSPS) is 16.5. The van der Waals surface area contributed by atoms with Crippen LogP contribution in [0.5, 0.6) is 0 Å². The Labute approximate surface area is 111 Å². The molecule has 0 aromatic heterocycles. The first-order chi connectivity index (χ1) is 8.65. The summed E-state index contributed by atoms with van der Waals surface area (Å²) in [5.41, 5.74) is 0.155. The van der Waals surface area contributed by atoms with E-state index in [-0.39, 0.29) is 10.6 Å². The molecule has 1 aliphatic carbocycles. The fraction of sp³-hybridized carbons (Fsp3) is 0.538. The van der Waals surface area contributed by atoms with Gasteiger partial charge in [0.1, 0.15) is 0 Å². The lowest BCUT2D eigenvalue weighted by Crippen LogP contribution is -2.24. The average Bonchev–Trinajstić information content (AvgIpc) is 3.18. The molecule has 0 aliphatic heterocycles. The summed E-state index contributed by atoms with van der Waals surface area (Å²) in [6.45, 7) is 3.29. The van der Waals surface area contributed by atoms with Crippen LogP contribution in [0.25, 0.3) is 0 Å². The van der Waals surface area contributed by atoms with Crippen molar-refractivity contribution in [2.24, 2.45) is 5.92 Å². The Kier molecular flexibility index (Phi) is 4.60. The van der Waals surface area contributed by atoms with Crippen molar-refractivity contribution in [2.45, 2.75) is 30.7 Å². The number of thioether (sulfide) groups is 1. The number of nitro groups is 1. The highest BCUT2D eigenvalue weighted by molar-refractivity contribution is 7.99. The maximum Gasteiger partial charge on any atom is 0.269 e. The van der Waals surface area contributed by atoms with Gasteiger partial charge in [0.15, 0.2) is 0 Å². The van der Waals surface area contributed by atoms with E-state index in [1.165, 1.54) is 12.8 Å². The molecule has 2 rings (SSSR count). The molecule has 0 spiro atoms. The van der Waals surface area contributed by atoms with Gasteiger partial charge in [0.25, 0.3) is 5.69 Å². The van der Waals surface area contributed by atoms with E-state index >= 15 is 0 Å². The standard InChI is InChI=1S/C13H18N2O2S/c1-10(8-14-11-2-3-11)9-18-13-6-4-12(5-7-13)15(16)17/h4-7,10-11,14H,2-3,8-9H2,1H3. The summed E-state index contributed by atoms with van der Waals surface area (Å²) in [6, 6.07) is 7.54. The van der Waals surface area contributed by atoms with Crippen LogP contribution in [0.1, 0.15) is 19.8 Å². The maximum atomic E-state index is 10.5. The number of benzene rings is 1. The second kappa shape index (κ2) is 6.20. The molecule has 1 fully saturated rings. The van der Waals surface area contributed by atoms with Gasteiger partial charge in [-0.25, -0.2) is 0 Å². The van der Waals surface area contributed by atoms with Gasteiger partial charge >= 0.3 is 0 Å². The minimum atomic E-state index is -0.364. The number of nitrogens with zero attached hydrogens (tertiary/aromatic N) is 1. The Bertz CT molecular complexity index is 404. The first kappa shape index (κ1) is 13.4. The minimum Gasteiger partial charge on any atom is -0.314 e. The Morgan fingerprint density at radius 1 is 1.44 bits per heavy atom. The molecule has 5 heteroatoms. The van der Waals surface area contributed by atoms with Gasteiger partial charge in [0.2, 0.25) is 0 Å². The molecule has 0 amide bonds. The number of nitro benzene ring substituents is 1. The molecule has 1 aromatic rings. The summed E-state index contributed by atoms with van der Waals surface area (Å²) in [7, 11) is 0. The van der Waals surface area contributed by atoms with Crippen molar-refractivity contribution >= 4 is 17.4 Å². The Morgan fingerprint density at radius 3 is 2.67 bits per heavy atom. The number of rotatable bonds is 7. The van der Waals surface area contributed by atoms with Gasteiger partial charge in [-0.1, -0.05) is 6.92 Å². The molecule has 18 heavy (non-hydrogen) atoms. The SMILES string of the molecule is CC(CNC1CC1)CSc1ccc([N+](=O)[O-])cc1. The van der Waals surface area contributed by atoms with Crippen molar-refractivity contribution in [3.63, 3.8) is 0 Å². The van der Waals surface area contributed by atoms with Crippen LogP contribution in [0.4, 0.5) is 5.69 Å². The van der Waals surface area contributed by atoms with Crippen LogP contribution in [0, 0.1) is 16.0 Å². The molecule has 1 unspecified atom stereocenters. The summed E-state index contributed by atoms with van der Waals surface area (Å²) in [5, 5.41) is 14.0. The van der Waals surface area contributed by atoms with E-state index in [2.05, 4.69) is 12.2 Å². The number of nitrogens with one attached hydrogen (secondary N) is 1. The zero-order valence-corrected chi connectivity index (χ0v) is 11.3. The van der Waals surface area contributed by atoms with Crippen LogP contribution < -0.4 is 5.32 Å². The van der Waals surface area contributed by atoms with Crippen LogP contribution in [-0.4, -0.2) is 23.3 Å². The zero-order valence-electron chi connectivity index (χ0n) is 10.5. The van der Waals surface area contributed by atoms with Gasteiger partial charge in [-0.05, 0) is 37.4 Å². The summed E-state index contributed by atoms with van der Waals surface area (Å²) >= 11 is 1.76. The molecule has 1 aliphatic rings. The largest absolute Gasteiger partial charge is 0.314 e. The Balaban J connectivity index is 1.72. The average molecular weight is 266 g/mol. The van der Waals surface area contributed by atoms with E-state index in [9.17, 15) is 10.1 Å². The summed E-state index contributed by atoms with van der Waals surface area (Å²) in [6.07, 6.45) is 2.64. The zero-order chi connectivity index (χ0) is 13.0. The number of non-ortho nitro benzene ring substituents is 1. The van der Waals surface area contributed by atoms with E-state index in [0.717, 1.165) is 23.2 Å². The number of hydrogen-bond donors (Lipinski definition) is 1. The lowest BCUT2D eigenvalue weighted by atomic mass is 10.2. The fourth-order valence-electron chi connectivity index (χ4n) is 1.62. The second-order valence-electron chi connectivity index (χ2n) is 4.85. The quantitative estimate of drug-likeness (QED) is 0.468. The highest BCUT2D eigenvalue weighted by atomic mass is 32.2. The van der Waals surface area contributed by atoms with Crippen molar-refractivity contribution < 1.29 is 4.92 Å². The van der Waals surface area contributed by atoms with Gasteiger partial charge in [0.05, 0.1) is 4.92 Å². The van der Waals surface area contributed by atoms with Gasteiger partial charge in [-0.15, -0.1) is 11.8 Å². The lowest BCUT2D eigenvalue weighted by Gasteiger charge is -2.11. The molecule has 98 valence electrons. The van der Waals surface area contributed by atoms with Crippen molar-refractivity contribution in [1.82, 2.24) is 5.32 Å². The molecule has 1 aromatic carbocycles. The molecular weight excluding hydrogens is 248 g/mol. The second-order valence-corrected chi connectivity index (χ2v) is 5.94. The van der Waals surface area contributed by atoms with Crippen LogP contribution in [0.3, 0.4) is 0 Å². The molecule has 1 N–H and O–H groups in total. The smallest absolute Gasteiger partial charge is 0.269 e. The van der Waals surface area contributed by atoms with E-state index in [1.54, 1.807) is 23.9 Å². The lowest BCUT2D eigenvalue weighted by molar-refractivity contribution is -0.384. The molecule has 0 radical (unpaired) electrons. The van der Waals surface area contributed by atoms with Crippen molar-refractivity contribution in [2.75, 3.05) is 12.3 Å². The Morgan fingerprint density at radius 2 is 2.11 bits per heavy atom. The third kappa shape index (κ3) is 4.31. The molecular formula is C13H18N2O2S. The van der Waals surface area contributed by atoms with E-state index in [4.69, 9.17) is 0 Å². The summed E-state index contributed by atoms with van der Waals surface area (Å²) < 4.78 is 0. The van der Waals surface area contributed by atoms with Gasteiger partial charge in [-0.3, -0.25) is 10.1 Å². The topological polar surface area (TPSA) is 55.2 Å². The van der Waals surface area contributed by atoms with Crippen LogP contribution >= 0.6 is 11.8 Å². The van der Waals surface area contributed by atoms with Crippen molar-refractivity contribution in [3.05, 3.63) is 34.4 Å². The molecule has 0 saturated heterocycles. The van der Waals surface area contributed by atoms with Gasteiger partial charge < -0.3 is 5.32 Å².